The van der Waals surface area contributed by atoms with Gasteiger partial charge in [-0.1, -0.05) is 0 Å². The third-order valence-corrected chi connectivity index (χ3v) is 4.51. The van der Waals surface area contributed by atoms with Gasteiger partial charge in [0.15, 0.2) is 12.2 Å². The van der Waals surface area contributed by atoms with Crippen molar-refractivity contribution in [1.82, 2.24) is 15.6 Å². The molecule has 0 bridgehead atoms. The molecule has 1 aliphatic heterocycles. The number of alkyl halides is 1. The Morgan fingerprint density at radius 3 is 2.00 bits per heavy atom. The molecule has 0 unspecified atom stereocenters. The second kappa shape index (κ2) is 14.8. The van der Waals surface area contributed by atoms with Crippen LogP contribution in [0.5, 0.6) is 0 Å². The van der Waals surface area contributed by atoms with Crippen molar-refractivity contribution >= 4 is 47.4 Å². The maximum absolute atomic E-state index is 12.6. The third kappa shape index (κ3) is 9.99. The van der Waals surface area contributed by atoms with Crippen LogP contribution in [0.3, 0.4) is 0 Å². The minimum Gasteiger partial charge on any atom is -0.463 e. The molecule has 3 amide bonds. The topological polar surface area (TPSA) is 205 Å². The average Bonchev–Trinajstić information content (AvgIpc) is 2.77. The van der Waals surface area contributed by atoms with Crippen LogP contribution in [0.1, 0.15) is 27.7 Å². The van der Waals surface area contributed by atoms with Crippen molar-refractivity contribution < 1.29 is 52.5 Å². The number of carbonyl (C=O) groups excluding carboxylic acids is 6. The van der Waals surface area contributed by atoms with E-state index in [9.17, 15) is 33.7 Å². The molecule has 2 N–H and O–H groups in total. The lowest BCUT2D eigenvalue weighted by molar-refractivity contribution is -0.271. The number of esters is 4. The Balaban J connectivity index is 3.21. The standard InChI is InChI=1S/C19H27ClN4O12/c1-9(25)32-8-13-16(33-10(2)26)17(34-11(3)27)15(18(36-13)35-12(4)28)22-14(29)7-21-19(30)24(23-31)6-5-20/h13,15-18H,5-8H2,1-4H3,(H,21,30)(H,22,29)/t13-,15-,16-,17-,18-/m1/s1. The molecule has 17 heteroatoms. The van der Waals surface area contributed by atoms with Crippen LogP contribution in [-0.4, -0.2) is 97.0 Å². The second-order valence-corrected chi connectivity index (χ2v) is 7.63. The average molecular weight is 539 g/mol. The van der Waals surface area contributed by atoms with Gasteiger partial charge in [-0.05, 0) is 0 Å². The fraction of sp³-hybridized carbons (Fsp3) is 0.684. The monoisotopic (exact) mass is 538 g/mol. The van der Waals surface area contributed by atoms with Crippen LogP contribution in [0.25, 0.3) is 0 Å². The van der Waals surface area contributed by atoms with Gasteiger partial charge in [0.25, 0.3) is 0 Å². The number of amides is 3. The van der Waals surface area contributed by atoms with Gasteiger partial charge in [0.1, 0.15) is 18.8 Å². The molecule has 1 heterocycles. The molecule has 1 rings (SSSR count). The van der Waals surface area contributed by atoms with E-state index in [1.54, 1.807) is 0 Å². The predicted octanol–water partition coefficient (Wildman–Crippen LogP) is -0.882. The minimum absolute atomic E-state index is 0.0923. The van der Waals surface area contributed by atoms with Crippen molar-refractivity contribution in [2.75, 3.05) is 25.6 Å². The summed E-state index contributed by atoms with van der Waals surface area (Å²) < 4.78 is 26.1. The van der Waals surface area contributed by atoms with Crippen molar-refractivity contribution in [2.45, 2.75) is 58.3 Å². The molecule has 202 valence electrons. The normalized spacial score (nSPS) is 22.9. The smallest absolute Gasteiger partial charge is 0.340 e. The number of urea groups is 1. The number of nitroso groups, excluding NO2 is 1. The van der Waals surface area contributed by atoms with Crippen LogP contribution >= 0.6 is 11.6 Å². The molecule has 0 radical (unpaired) electrons. The third-order valence-electron chi connectivity index (χ3n) is 4.34. The quantitative estimate of drug-likeness (QED) is 0.108. The first-order valence-corrected chi connectivity index (χ1v) is 11.0. The Morgan fingerprint density at radius 2 is 1.50 bits per heavy atom. The molecule has 0 aromatic rings. The predicted molar refractivity (Wildman–Crippen MR) is 117 cm³/mol. The van der Waals surface area contributed by atoms with Gasteiger partial charge in [0.2, 0.25) is 12.2 Å². The summed E-state index contributed by atoms with van der Waals surface area (Å²) in [7, 11) is 0. The van der Waals surface area contributed by atoms with Crippen LogP contribution in [0.2, 0.25) is 0 Å². The van der Waals surface area contributed by atoms with E-state index in [-0.39, 0.29) is 12.4 Å². The Labute approximate surface area is 210 Å². The zero-order valence-corrected chi connectivity index (χ0v) is 20.6. The highest BCUT2D eigenvalue weighted by Crippen LogP contribution is 2.28. The highest BCUT2D eigenvalue weighted by Gasteiger charge is 2.52. The van der Waals surface area contributed by atoms with Crippen molar-refractivity contribution in [3.63, 3.8) is 0 Å². The van der Waals surface area contributed by atoms with Gasteiger partial charge in [0, 0.05) is 33.6 Å². The number of nitrogens with one attached hydrogen (secondary N) is 2. The molecular formula is C19H27ClN4O12. The molecule has 16 nitrogen and oxygen atoms in total. The summed E-state index contributed by atoms with van der Waals surface area (Å²) in [5.41, 5.74) is 0. The van der Waals surface area contributed by atoms with Crippen LogP contribution in [0.4, 0.5) is 4.79 Å². The summed E-state index contributed by atoms with van der Waals surface area (Å²) in [5.74, 6) is -4.22. The first kappa shape index (κ1) is 30.5. The largest absolute Gasteiger partial charge is 0.463 e. The van der Waals surface area contributed by atoms with Crippen LogP contribution in [0, 0.1) is 4.91 Å². The molecule has 1 aliphatic rings. The number of hydrogen-bond acceptors (Lipinski definition) is 13. The molecule has 1 saturated heterocycles. The summed E-state index contributed by atoms with van der Waals surface area (Å²) in [6.45, 7) is 2.86. The van der Waals surface area contributed by atoms with E-state index in [0.717, 1.165) is 27.7 Å². The van der Waals surface area contributed by atoms with Crippen LogP contribution < -0.4 is 10.6 Å². The van der Waals surface area contributed by atoms with Crippen molar-refractivity contribution in [3.05, 3.63) is 4.91 Å². The van der Waals surface area contributed by atoms with E-state index in [1.807, 2.05) is 0 Å². The van der Waals surface area contributed by atoms with Gasteiger partial charge in [-0.15, -0.1) is 16.5 Å². The molecule has 0 spiro atoms. The summed E-state index contributed by atoms with van der Waals surface area (Å²) in [4.78, 5) is 81.8. The summed E-state index contributed by atoms with van der Waals surface area (Å²) in [5, 5.41) is 7.43. The first-order valence-electron chi connectivity index (χ1n) is 10.4. The number of halogens is 1. The molecule has 0 aliphatic carbocycles. The van der Waals surface area contributed by atoms with E-state index in [2.05, 4.69) is 15.9 Å². The SMILES string of the molecule is CC(=O)OC[C@H]1O[C@@H](OC(C)=O)[C@H](NC(=O)CNC(=O)N(CCCl)N=O)[C@@H](OC(C)=O)[C@@H]1OC(C)=O. The highest BCUT2D eigenvalue weighted by molar-refractivity contribution is 6.18. The van der Waals surface area contributed by atoms with Gasteiger partial charge in [-0.25, -0.2) is 4.79 Å². The van der Waals surface area contributed by atoms with Crippen LogP contribution in [0.15, 0.2) is 5.29 Å². The molecular weight excluding hydrogens is 512 g/mol. The summed E-state index contributed by atoms with van der Waals surface area (Å²) >= 11 is 5.47. The first-order chi connectivity index (χ1) is 16.9. The number of ether oxygens (including phenoxy) is 5. The molecule has 5 atom stereocenters. The maximum atomic E-state index is 12.6. The van der Waals surface area contributed by atoms with Gasteiger partial charge in [-0.3, -0.25) is 24.0 Å². The van der Waals surface area contributed by atoms with E-state index >= 15 is 0 Å². The Bertz CT molecular complexity index is 856. The maximum Gasteiger partial charge on any atom is 0.340 e. The minimum atomic E-state index is -1.59. The Hall–Kier alpha value is -3.53. The summed E-state index contributed by atoms with van der Waals surface area (Å²) in [6, 6.07) is -2.46. The number of carbonyl (C=O) groups is 6. The Kier molecular flexibility index (Phi) is 12.5. The zero-order valence-electron chi connectivity index (χ0n) is 19.9. The lowest BCUT2D eigenvalue weighted by Crippen LogP contribution is -2.67. The van der Waals surface area contributed by atoms with Crippen molar-refractivity contribution in [3.8, 4) is 0 Å². The molecule has 0 saturated carbocycles. The van der Waals surface area contributed by atoms with Crippen molar-refractivity contribution in [1.29, 1.82) is 0 Å². The van der Waals surface area contributed by atoms with E-state index < -0.39 is 79.6 Å². The van der Waals surface area contributed by atoms with Gasteiger partial charge in [0.05, 0.1) is 18.4 Å². The highest BCUT2D eigenvalue weighted by atomic mass is 35.5. The number of hydrogen-bond donors (Lipinski definition) is 2. The van der Waals surface area contributed by atoms with Crippen molar-refractivity contribution in [2.24, 2.45) is 5.29 Å². The zero-order chi connectivity index (χ0) is 27.4. The van der Waals surface area contributed by atoms with E-state index in [4.69, 9.17) is 35.3 Å². The summed E-state index contributed by atoms with van der Waals surface area (Å²) in [6.07, 6.45) is -5.74. The number of nitrogens with zero attached hydrogens (tertiary/aromatic N) is 2. The molecule has 0 aromatic heterocycles. The van der Waals surface area contributed by atoms with E-state index in [1.165, 1.54) is 0 Å². The van der Waals surface area contributed by atoms with Gasteiger partial charge in [-0.2, -0.15) is 5.01 Å². The second-order valence-electron chi connectivity index (χ2n) is 7.25. The molecule has 1 fully saturated rings. The lowest BCUT2D eigenvalue weighted by atomic mass is 9.96. The Morgan fingerprint density at radius 1 is 0.917 bits per heavy atom. The lowest BCUT2D eigenvalue weighted by Gasteiger charge is -2.44. The number of rotatable bonds is 11. The van der Waals surface area contributed by atoms with Gasteiger partial charge >= 0.3 is 29.9 Å². The van der Waals surface area contributed by atoms with Crippen LogP contribution in [-0.2, 0) is 47.7 Å². The molecule has 36 heavy (non-hydrogen) atoms. The fourth-order valence-electron chi connectivity index (χ4n) is 3.06. The van der Waals surface area contributed by atoms with Gasteiger partial charge < -0.3 is 34.3 Å². The molecule has 0 aromatic carbocycles. The van der Waals surface area contributed by atoms with E-state index in [0.29, 0.717) is 5.01 Å². The fourth-order valence-corrected chi connectivity index (χ4v) is 3.22.